The zero-order valence-corrected chi connectivity index (χ0v) is 30.6. The Morgan fingerprint density at radius 2 is 1.00 bits per heavy atom. The van der Waals surface area contributed by atoms with Crippen molar-refractivity contribution in [1.29, 1.82) is 0 Å². The molecule has 0 atom stereocenters. The van der Waals surface area contributed by atoms with Gasteiger partial charge < -0.3 is 9.32 Å². The lowest BCUT2D eigenvalue weighted by atomic mass is 9.98. The summed E-state index contributed by atoms with van der Waals surface area (Å²) in [6.45, 7) is 0. The topological polar surface area (TPSA) is 16.4 Å². The molecule has 2 nitrogen and oxygen atoms in total. The second kappa shape index (κ2) is 12.9. The van der Waals surface area contributed by atoms with Crippen molar-refractivity contribution < 1.29 is 4.42 Å². The van der Waals surface area contributed by atoms with E-state index in [1.807, 2.05) is 23.5 Å². The minimum absolute atomic E-state index is 0.887. The average Bonchev–Trinajstić information content (AvgIpc) is 3.82. The fourth-order valence-electron chi connectivity index (χ4n) is 8.14. The number of para-hydroxylation sites is 2. The van der Waals surface area contributed by atoms with E-state index in [1.54, 1.807) is 0 Å². The smallest absolute Gasteiger partial charge is 0.136 e. The summed E-state index contributed by atoms with van der Waals surface area (Å²) < 4.78 is 8.99. The highest BCUT2D eigenvalue weighted by molar-refractivity contribution is 7.25. The SMILES string of the molecule is c1cc(-c2ccc3c(c2)sc2ccccc23)cc(N(c2ccc(-c3ccc4ccccc4c3)cc2)c2ccccc2-c2ccc3c(c2)oc2ccccc23)c1. The summed E-state index contributed by atoms with van der Waals surface area (Å²) in [5.74, 6) is 0. The third-order valence-corrected chi connectivity index (χ3v) is 12.0. The Bertz CT molecular complexity index is 3220. The molecule has 0 saturated heterocycles. The van der Waals surface area contributed by atoms with Gasteiger partial charge in [-0.2, -0.15) is 0 Å². The van der Waals surface area contributed by atoms with Gasteiger partial charge in [0.1, 0.15) is 11.2 Å². The summed E-state index contributed by atoms with van der Waals surface area (Å²) in [5.41, 5.74) is 12.1. The predicted molar refractivity (Wildman–Crippen MR) is 235 cm³/mol. The van der Waals surface area contributed by atoms with Crippen LogP contribution in [0.2, 0.25) is 0 Å². The second-order valence-electron chi connectivity index (χ2n) is 14.1. The molecule has 55 heavy (non-hydrogen) atoms. The van der Waals surface area contributed by atoms with E-state index in [1.165, 1.54) is 53.2 Å². The second-order valence-corrected chi connectivity index (χ2v) is 15.2. The zero-order chi connectivity index (χ0) is 36.3. The van der Waals surface area contributed by atoms with Gasteiger partial charge in [-0.1, -0.05) is 133 Å². The van der Waals surface area contributed by atoms with Crippen molar-refractivity contribution in [3.8, 4) is 33.4 Å². The van der Waals surface area contributed by atoms with E-state index in [2.05, 4.69) is 193 Å². The lowest BCUT2D eigenvalue weighted by Crippen LogP contribution is -2.11. The molecule has 0 radical (unpaired) electrons. The number of thiophene rings is 1. The van der Waals surface area contributed by atoms with Gasteiger partial charge in [0.05, 0.1) is 5.69 Å². The van der Waals surface area contributed by atoms with Crippen molar-refractivity contribution in [3.63, 3.8) is 0 Å². The number of nitrogens with zero attached hydrogens (tertiary/aromatic N) is 1. The number of anilines is 3. The van der Waals surface area contributed by atoms with Crippen LogP contribution in [0.4, 0.5) is 17.1 Å². The maximum absolute atomic E-state index is 6.37. The van der Waals surface area contributed by atoms with E-state index in [-0.39, 0.29) is 0 Å². The van der Waals surface area contributed by atoms with Gasteiger partial charge >= 0.3 is 0 Å². The molecule has 0 bridgehead atoms. The largest absolute Gasteiger partial charge is 0.456 e. The number of furan rings is 1. The first-order valence-corrected chi connectivity index (χ1v) is 19.5. The van der Waals surface area contributed by atoms with Crippen molar-refractivity contribution in [1.82, 2.24) is 0 Å². The van der Waals surface area contributed by atoms with Crippen molar-refractivity contribution in [3.05, 3.63) is 200 Å². The molecule has 2 aromatic heterocycles. The molecule has 0 saturated carbocycles. The number of rotatable bonds is 6. The van der Waals surface area contributed by atoms with Crippen molar-refractivity contribution in [2.24, 2.45) is 0 Å². The van der Waals surface area contributed by atoms with Gasteiger partial charge in [-0.3, -0.25) is 0 Å². The molecule has 0 aliphatic rings. The van der Waals surface area contributed by atoms with Crippen LogP contribution in [0.5, 0.6) is 0 Å². The highest BCUT2D eigenvalue weighted by atomic mass is 32.1. The van der Waals surface area contributed by atoms with Gasteiger partial charge in [-0.05, 0) is 105 Å². The lowest BCUT2D eigenvalue weighted by Gasteiger charge is -2.28. The third-order valence-electron chi connectivity index (χ3n) is 10.9. The van der Waals surface area contributed by atoms with Crippen LogP contribution in [-0.4, -0.2) is 0 Å². The minimum Gasteiger partial charge on any atom is -0.456 e. The van der Waals surface area contributed by atoms with Gasteiger partial charge in [0.15, 0.2) is 0 Å². The quantitative estimate of drug-likeness (QED) is 0.170. The molecule has 11 rings (SSSR count). The van der Waals surface area contributed by atoms with Crippen LogP contribution in [-0.2, 0) is 0 Å². The Labute approximate surface area is 322 Å². The minimum atomic E-state index is 0.887. The van der Waals surface area contributed by atoms with Gasteiger partial charge in [-0.25, -0.2) is 0 Å². The summed E-state index contributed by atoms with van der Waals surface area (Å²) >= 11 is 1.86. The highest BCUT2D eigenvalue weighted by Gasteiger charge is 2.19. The van der Waals surface area contributed by atoms with Gasteiger partial charge in [-0.15, -0.1) is 11.3 Å². The Morgan fingerprint density at radius 3 is 1.93 bits per heavy atom. The lowest BCUT2D eigenvalue weighted by molar-refractivity contribution is 0.669. The number of hydrogen-bond acceptors (Lipinski definition) is 3. The van der Waals surface area contributed by atoms with Gasteiger partial charge in [0, 0.05) is 47.9 Å². The summed E-state index contributed by atoms with van der Waals surface area (Å²) in [5, 5.41) is 7.38. The van der Waals surface area contributed by atoms with Crippen molar-refractivity contribution in [2.45, 2.75) is 0 Å². The Morgan fingerprint density at radius 1 is 0.345 bits per heavy atom. The van der Waals surface area contributed by atoms with E-state index in [0.717, 1.165) is 50.1 Å². The Balaban J connectivity index is 1.06. The molecule has 2 heterocycles. The molecule has 9 aromatic carbocycles. The monoisotopic (exact) mass is 719 g/mol. The van der Waals surface area contributed by atoms with Crippen molar-refractivity contribution in [2.75, 3.05) is 4.90 Å². The zero-order valence-electron chi connectivity index (χ0n) is 29.8. The van der Waals surface area contributed by atoms with Gasteiger partial charge in [0.2, 0.25) is 0 Å². The Kier molecular flexibility index (Phi) is 7.39. The first kappa shape index (κ1) is 31.6. The van der Waals surface area contributed by atoms with E-state index < -0.39 is 0 Å². The highest BCUT2D eigenvalue weighted by Crippen LogP contribution is 2.44. The summed E-state index contributed by atoms with van der Waals surface area (Å²) in [4.78, 5) is 2.39. The molecular weight excluding hydrogens is 687 g/mol. The molecule has 11 aromatic rings. The Hall–Kier alpha value is -6.94. The van der Waals surface area contributed by atoms with E-state index >= 15 is 0 Å². The summed E-state index contributed by atoms with van der Waals surface area (Å²) in [7, 11) is 0. The van der Waals surface area contributed by atoms with Crippen LogP contribution in [0.15, 0.2) is 205 Å². The number of benzene rings is 9. The summed E-state index contributed by atoms with van der Waals surface area (Å²) in [6, 6.07) is 72.3. The van der Waals surface area contributed by atoms with E-state index in [9.17, 15) is 0 Å². The molecule has 0 N–H and O–H groups in total. The molecule has 0 aliphatic carbocycles. The molecule has 0 fully saturated rings. The number of fused-ring (bicyclic) bond motifs is 7. The molecule has 258 valence electrons. The number of hydrogen-bond donors (Lipinski definition) is 0. The third kappa shape index (κ3) is 5.48. The van der Waals surface area contributed by atoms with Crippen LogP contribution in [0.3, 0.4) is 0 Å². The molecule has 0 aliphatic heterocycles. The van der Waals surface area contributed by atoms with Crippen LogP contribution in [0, 0.1) is 0 Å². The predicted octanol–water partition coefficient (Wildman–Crippen LogP) is 15.6. The van der Waals surface area contributed by atoms with E-state index in [0.29, 0.717) is 0 Å². The molecule has 0 spiro atoms. The maximum atomic E-state index is 6.37. The molecule has 0 amide bonds. The standard InChI is InChI=1S/C52H33NOS/c1-2-11-36-30-38(21-20-34(36)10-1)35-22-26-41(27-23-35)53(42-13-9-12-37(31-42)39-24-29-47-46-16-5-8-19-51(46)55-52(47)33-39)48-17-6-3-14-43(48)40-25-28-45-44-15-4-7-18-49(44)54-50(45)32-40/h1-33H. The molecule has 0 unspecified atom stereocenters. The first-order chi connectivity index (χ1) is 27.2. The molecule has 3 heteroatoms. The molecular formula is C52H33NOS. The first-order valence-electron chi connectivity index (χ1n) is 18.7. The fraction of sp³-hybridized carbons (Fsp3) is 0. The van der Waals surface area contributed by atoms with Crippen LogP contribution < -0.4 is 4.90 Å². The average molecular weight is 720 g/mol. The van der Waals surface area contributed by atoms with Crippen molar-refractivity contribution >= 4 is 81.3 Å². The van der Waals surface area contributed by atoms with Gasteiger partial charge in [0.25, 0.3) is 0 Å². The fourth-order valence-corrected chi connectivity index (χ4v) is 9.28. The maximum Gasteiger partial charge on any atom is 0.136 e. The van der Waals surface area contributed by atoms with E-state index in [4.69, 9.17) is 4.42 Å². The normalized spacial score (nSPS) is 11.6. The summed E-state index contributed by atoms with van der Waals surface area (Å²) in [6.07, 6.45) is 0. The van der Waals surface area contributed by atoms with Crippen LogP contribution in [0.25, 0.3) is 86.3 Å². The van der Waals surface area contributed by atoms with Crippen LogP contribution in [0.1, 0.15) is 0 Å². The van der Waals surface area contributed by atoms with Crippen LogP contribution >= 0.6 is 11.3 Å².